The molecule has 0 aliphatic carbocycles. The van der Waals surface area contributed by atoms with Crippen LogP contribution in [0.15, 0.2) is 53.4 Å². The fourth-order valence-corrected chi connectivity index (χ4v) is 3.19. The number of ketones is 1. The first kappa shape index (κ1) is 16.7. The van der Waals surface area contributed by atoms with E-state index in [9.17, 15) is 18.0 Å². The molecule has 6 nitrogen and oxygen atoms in total. The summed E-state index contributed by atoms with van der Waals surface area (Å²) in [4.78, 5) is 23.1. The van der Waals surface area contributed by atoms with Crippen LogP contribution >= 0.6 is 0 Å². The van der Waals surface area contributed by atoms with Crippen molar-refractivity contribution < 1.29 is 18.0 Å². The van der Waals surface area contributed by atoms with Gasteiger partial charge < -0.3 is 11.1 Å². The van der Waals surface area contributed by atoms with Crippen molar-refractivity contribution in [2.75, 3.05) is 16.8 Å². The molecule has 0 atom stereocenters. The van der Waals surface area contributed by atoms with Crippen molar-refractivity contribution in [3.8, 4) is 0 Å². The molecule has 1 amide bonds. The zero-order valence-electron chi connectivity index (χ0n) is 12.4. The van der Waals surface area contributed by atoms with Crippen molar-refractivity contribution in [2.24, 2.45) is 0 Å². The summed E-state index contributed by atoms with van der Waals surface area (Å²) in [6.07, 6.45) is 0. The average Bonchev–Trinajstić information content (AvgIpc) is 2.47. The van der Waals surface area contributed by atoms with Crippen LogP contribution in [0.1, 0.15) is 17.3 Å². The Balaban J connectivity index is 2.14. The van der Waals surface area contributed by atoms with Gasteiger partial charge >= 0.3 is 0 Å². The summed E-state index contributed by atoms with van der Waals surface area (Å²) in [7, 11) is -3.73. The summed E-state index contributed by atoms with van der Waals surface area (Å²) in [5.74, 6) is -1.37. The lowest BCUT2D eigenvalue weighted by Crippen LogP contribution is -2.16. The van der Waals surface area contributed by atoms with Gasteiger partial charge in [-0.25, -0.2) is 8.42 Å². The van der Waals surface area contributed by atoms with Gasteiger partial charge in [0.2, 0.25) is 5.91 Å². The second-order valence-electron chi connectivity index (χ2n) is 5.01. The maximum atomic E-state index is 12.2. The van der Waals surface area contributed by atoms with Crippen LogP contribution in [-0.4, -0.2) is 25.9 Å². The highest BCUT2D eigenvalue weighted by atomic mass is 32.2. The van der Waals surface area contributed by atoms with E-state index in [1.54, 1.807) is 12.1 Å². The predicted molar refractivity (Wildman–Crippen MR) is 88.0 cm³/mol. The monoisotopic (exact) mass is 332 g/mol. The predicted octanol–water partition coefficient (Wildman–Crippen LogP) is 1.88. The van der Waals surface area contributed by atoms with Gasteiger partial charge in [0.1, 0.15) is 5.75 Å². The van der Waals surface area contributed by atoms with Crippen LogP contribution in [0, 0.1) is 0 Å². The molecule has 3 N–H and O–H groups in total. The highest BCUT2D eigenvalue weighted by Crippen LogP contribution is 2.16. The van der Waals surface area contributed by atoms with Gasteiger partial charge in [0, 0.05) is 23.9 Å². The maximum absolute atomic E-state index is 12.2. The van der Waals surface area contributed by atoms with Gasteiger partial charge in [-0.1, -0.05) is 0 Å². The molecule has 0 heterocycles. The van der Waals surface area contributed by atoms with Gasteiger partial charge in [-0.3, -0.25) is 9.59 Å². The normalized spacial score (nSPS) is 11.0. The van der Waals surface area contributed by atoms with Crippen LogP contribution in [0.4, 0.5) is 11.4 Å². The van der Waals surface area contributed by atoms with Gasteiger partial charge in [-0.15, -0.1) is 0 Å². The molecule has 0 aliphatic heterocycles. The molecular weight excluding hydrogens is 316 g/mol. The van der Waals surface area contributed by atoms with Gasteiger partial charge in [0.05, 0.1) is 4.90 Å². The molecule has 0 unspecified atom stereocenters. The molecular formula is C16H16N2O4S. The first-order chi connectivity index (χ1) is 10.8. The Kier molecular flexibility index (Phi) is 4.80. The minimum Gasteiger partial charge on any atom is -0.399 e. The molecule has 0 aliphatic rings. The molecule has 0 saturated heterocycles. The highest BCUT2D eigenvalue weighted by Gasteiger charge is 2.20. The first-order valence-corrected chi connectivity index (χ1v) is 8.42. The first-order valence-electron chi connectivity index (χ1n) is 6.77. The number of nitrogens with one attached hydrogen (secondary N) is 1. The number of nitrogen functional groups attached to an aromatic ring is 1. The topological polar surface area (TPSA) is 106 Å². The minimum absolute atomic E-state index is 0.0508. The molecule has 0 bridgehead atoms. The van der Waals surface area contributed by atoms with E-state index in [4.69, 9.17) is 5.73 Å². The Hall–Kier alpha value is -2.67. The van der Waals surface area contributed by atoms with Crippen molar-refractivity contribution >= 4 is 32.9 Å². The number of sulfone groups is 1. The van der Waals surface area contributed by atoms with E-state index in [0.29, 0.717) is 11.4 Å². The fourth-order valence-electron chi connectivity index (χ4n) is 1.96. The van der Waals surface area contributed by atoms with E-state index >= 15 is 0 Å². The highest BCUT2D eigenvalue weighted by molar-refractivity contribution is 7.92. The second kappa shape index (κ2) is 6.62. The number of carbonyl (C=O) groups is 2. The molecule has 0 fully saturated rings. The quantitative estimate of drug-likeness (QED) is 0.642. The van der Waals surface area contributed by atoms with Crippen LogP contribution in [0.5, 0.6) is 0 Å². The summed E-state index contributed by atoms with van der Waals surface area (Å²) in [6, 6.07) is 11.7. The van der Waals surface area contributed by atoms with E-state index in [0.717, 1.165) is 0 Å². The number of carbonyl (C=O) groups excluding carboxylic acids is 2. The molecule has 0 saturated carbocycles. The zero-order valence-corrected chi connectivity index (χ0v) is 13.3. The van der Waals surface area contributed by atoms with Gasteiger partial charge in [0.15, 0.2) is 15.6 Å². The molecule has 0 spiro atoms. The Bertz CT molecular complexity index is 825. The maximum Gasteiger partial charge on any atom is 0.221 e. The van der Waals surface area contributed by atoms with Gasteiger partial charge in [-0.05, 0) is 48.5 Å². The molecule has 2 aromatic carbocycles. The summed E-state index contributed by atoms with van der Waals surface area (Å²) < 4.78 is 24.4. The third kappa shape index (κ3) is 4.40. The summed E-state index contributed by atoms with van der Waals surface area (Å²) >= 11 is 0. The summed E-state index contributed by atoms with van der Waals surface area (Å²) in [6.45, 7) is 1.37. The second-order valence-corrected chi connectivity index (χ2v) is 7.00. The van der Waals surface area contributed by atoms with Crippen LogP contribution in [0.2, 0.25) is 0 Å². The lowest BCUT2D eigenvalue weighted by atomic mass is 10.1. The number of rotatable bonds is 5. The Morgan fingerprint density at radius 2 is 1.57 bits per heavy atom. The number of nitrogens with two attached hydrogens (primary N) is 1. The summed E-state index contributed by atoms with van der Waals surface area (Å²) in [5, 5.41) is 2.57. The summed E-state index contributed by atoms with van der Waals surface area (Å²) in [5.41, 5.74) is 6.77. The van der Waals surface area contributed by atoms with Crippen molar-refractivity contribution in [3.63, 3.8) is 0 Å². The zero-order chi connectivity index (χ0) is 17.0. The molecule has 7 heteroatoms. The van der Waals surface area contributed by atoms with Crippen LogP contribution in [0.25, 0.3) is 0 Å². The Morgan fingerprint density at radius 3 is 2.09 bits per heavy atom. The van der Waals surface area contributed by atoms with Crippen molar-refractivity contribution in [1.29, 1.82) is 0 Å². The van der Waals surface area contributed by atoms with Crippen molar-refractivity contribution in [2.45, 2.75) is 11.8 Å². The van der Waals surface area contributed by atoms with Crippen LogP contribution in [0.3, 0.4) is 0 Å². The van der Waals surface area contributed by atoms with Crippen molar-refractivity contribution in [3.05, 3.63) is 54.1 Å². The van der Waals surface area contributed by atoms with Gasteiger partial charge in [0.25, 0.3) is 0 Å². The third-order valence-electron chi connectivity index (χ3n) is 3.09. The smallest absolute Gasteiger partial charge is 0.221 e. The fraction of sp³-hybridized carbons (Fsp3) is 0.125. The molecule has 2 rings (SSSR count). The number of benzene rings is 2. The van der Waals surface area contributed by atoms with Crippen LogP contribution < -0.4 is 11.1 Å². The van der Waals surface area contributed by atoms with E-state index in [1.165, 1.54) is 43.3 Å². The molecule has 0 aromatic heterocycles. The largest absolute Gasteiger partial charge is 0.399 e. The van der Waals surface area contributed by atoms with Gasteiger partial charge in [-0.2, -0.15) is 0 Å². The number of amides is 1. The molecule has 0 radical (unpaired) electrons. The van der Waals surface area contributed by atoms with E-state index in [2.05, 4.69) is 5.32 Å². The molecule has 120 valence electrons. The average molecular weight is 332 g/mol. The van der Waals surface area contributed by atoms with Crippen molar-refractivity contribution in [1.82, 2.24) is 0 Å². The van der Waals surface area contributed by atoms with Crippen LogP contribution in [-0.2, 0) is 14.6 Å². The minimum atomic E-state index is -3.73. The Labute approximate surface area is 134 Å². The third-order valence-corrected chi connectivity index (χ3v) is 4.72. The van der Waals surface area contributed by atoms with E-state index in [-0.39, 0.29) is 16.4 Å². The van der Waals surface area contributed by atoms with E-state index < -0.39 is 21.4 Å². The standard InChI is InChI=1S/C16H16N2O4S/c1-11(19)18-14-6-2-12(3-7-14)16(20)10-23(21,22)15-8-4-13(17)5-9-15/h2-9H,10,17H2,1H3,(H,18,19). The number of hydrogen-bond acceptors (Lipinski definition) is 5. The SMILES string of the molecule is CC(=O)Nc1ccc(C(=O)CS(=O)(=O)c2ccc(N)cc2)cc1. The molecule has 23 heavy (non-hydrogen) atoms. The number of hydrogen-bond donors (Lipinski definition) is 2. The lowest BCUT2D eigenvalue weighted by molar-refractivity contribution is -0.114. The number of anilines is 2. The number of Topliss-reactive ketones (excluding diaryl/α,β-unsaturated/α-hetero) is 1. The van der Waals surface area contributed by atoms with E-state index in [1.807, 2.05) is 0 Å². The molecule has 2 aromatic rings. The Morgan fingerprint density at radius 1 is 1.00 bits per heavy atom. The lowest BCUT2D eigenvalue weighted by Gasteiger charge is -2.06.